The number of alkyl halides is 3. The molecule has 1 aromatic carbocycles. The minimum Gasteiger partial charge on any atom is -0.465 e. The Balaban J connectivity index is 2.44. The molecule has 0 fully saturated rings. The first kappa shape index (κ1) is 20.3. The number of aliphatic hydroxyl groups is 1. The van der Waals surface area contributed by atoms with E-state index >= 15 is 0 Å². The average molecular weight is 407 g/mol. The maximum atomic E-state index is 13.2. The number of esters is 1. The Morgan fingerprint density at radius 3 is 2.48 bits per heavy atom. The topological polar surface area (TPSA) is 107 Å². The quantitative estimate of drug-likeness (QED) is 0.647. The molecule has 2 heterocycles. The van der Waals surface area contributed by atoms with Gasteiger partial charge in [0.25, 0.3) is 5.56 Å². The first-order valence-electron chi connectivity index (χ1n) is 8.34. The van der Waals surface area contributed by atoms with E-state index in [2.05, 4.69) is 9.72 Å². The van der Waals surface area contributed by atoms with Gasteiger partial charge in [0.15, 0.2) is 0 Å². The molecule has 1 unspecified atom stereocenters. The highest BCUT2D eigenvalue weighted by Crippen LogP contribution is 2.34. The van der Waals surface area contributed by atoms with Crippen molar-refractivity contribution in [2.24, 2.45) is 0 Å². The Morgan fingerprint density at radius 1 is 1.28 bits per heavy atom. The molecule has 2 aromatic heterocycles. The molecule has 29 heavy (non-hydrogen) atoms. The molecule has 0 amide bonds. The van der Waals surface area contributed by atoms with Crippen molar-refractivity contribution < 1.29 is 27.8 Å². The van der Waals surface area contributed by atoms with E-state index in [0.29, 0.717) is 5.69 Å². The van der Waals surface area contributed by atoms with E-state index < -0.39 is 34.9 Å². The van der Waals surface area contributed by atoms with E-state index in [0.717, 1.165) is 29.9 Å². The first-order chi connectivity index (χ1) is 13.6. The summed E-state index contributed by atoms with van der Waals surface area (Å²) in [7, 11) is 1.06. The number of halogens is 3. The van der Waals surface area contributed by atoms with Gasteiger partial charge in [0, 0.05) is 5.39 Å². The zero-order valence-corrected chi connectivity index (χ0v) is 15.3. The lowest BCUT2D eigenvalue weighted by molar-refractivity contribution is -0.137. The van der Waals surface area contributed by atoms with E-state index in [1.165, 1.54) is 25.3 Å². The van der Waals surface area contributed by atoms with Crippen LogP contribution in [0.15, 0.2) is 41.3 Å². The van der Waals surface area contributed by atoms with Gasteiger partial charge in [0.1, 0.15) is 5.56 Å². The SMILES string of the molecule is COC(=O)c1c(N)c2ccc(C(F)(F)F)cc2n(-c2ccc(C(C)O)nc2)c1=O. The minimum atomic E-state index is -4.65. The smallest absolute Gasteiger partial charge is 0.416 e. The third kappa shape index (κ3) is 3.54. The summed E-state index contributed by atoms with van der Waals surface area (Å²) < 4.78 is 45.2. The lowest BCUT2D eigenvalue weighted by atomic mass is 10.1. The Hall–Kier alpha value is -3.40. The zero-order chi connectivity index (χ0) is 21.5. The molecule has 0 saturated heterocycles. The molecule has 10 heteroatoms. The molecule has 0 aliphatic rings. The van der Waals surface area contributed by atoms with E-state index in [-0.39, 0.29) is 22.3 Å². The Morgan fingerprint density at radius 2 is 1.97 bits per heavy atom. The number of nitrogen functional groups attached to an aromatic ring is 1. The molecule has 0 aliphatic carbocycles. The number of nitrogens with two attached hydrogens (primary N) is 1. The molecule has 0 spiro atoms. The molecule has 0 saturated carbocycles. The molecule has 0 radical (unpaired) electrons. The normalized spacial score (nSPS) is 12.8. The lowest BCUT2D eigenvalue weighted by Gasteiger charge is -2.17. The van der Waals surface area contributed by atoms with Gasteiger partial charge in [-0.3, -0.25) is 14.3 Å². The fourth-order valence-electron chi connectivity index (χ4n) is 2.92. The van der Waals surface area contributed by atoms with E-state index in [4.69, 9.17) is 5.73 Å². The summed E-state index contributed by atoms with van der Waals surface area (Å²) in [5.41, 5.74) is 3.44. The number of methoxy groups -OCH3 is 1. The van der Waals surface area contributed by atoms with Gasteiger partial charge in [0.2, 0.25) is 0 Å². The monoisotopic (exact) mass is 407 g/mol. The van der Waals surface area contributed by atoms with Gasteiger partial charge in [-0.1, -0.05) is 6.07 Å². The lowest BCUT2D eigenvalue weighted by Crippen LogP contribution is -2.28. The van der Waals surface area contributed by atoms with Crippen LogP contribution in [0.2, 0.25) is 0 Å². The number of carbonyl (C=O) groups is 1. The van der Waals surface area contributed by atoms with Crippen molar-refractivity contribution >= 4 is 22.6 Å². The van der Waals surface area contributed by atoms with Crippen LogP contribution in [-0.4, -0.2) is 27.7 Å². The van der Waals surface area contributed by atoms with E-state index in [1.807, 2.05) is 0 Å². The predicted molar refractivity (Wildman–Crippen MR) is 98.7 cm³/mol. The summed E-state index contributed by atoms with van der Waals surface area (Å²) in [4.78, 5) is 29.1. The minimum absolute atomic E-state index is 0.0672. The van der Waals surface area contributed by atoms with Crippen molar-refractivity contribution in [3.63, 3.8) is 0 Å². The van der Waals surface area contributed by atoms with Crippen molar-refractivity contribution in [2.45, 2.75) is 19.2 Å². The van der Waals surface area contributed by atoms with E-state index in [9.17, 15) is 27.9 Å². The largest absolute Gasteiger partial charge is 0.465 e. The van der Waals surface area contributed by atoms with Gasteiger partial charge in [-0.05, 0) is 31.2 Å². The van der Waals surface area contributed by atoms with Crippen LogP contribution in [0.4, 0.5) is 18.9 Å². The fraction of sp³-hybridized carbons (Fsp3) is 0.211. The Labute approximate surface area is 162 Å². The summed E-state index contributed by atoms with van der Waals surface area (Å²) in [6, 6.07) is 5.49. The standard InChI is InChI=1S/C19H16F3N3O4/c1-9(26)13-6-4-11(8-24-13)25-14-7-10(19(20,21)22)3-5-12(14)16(23)15(17(25)27)18(28)29-2/h3-9,26H,23H2,1-2H3. The summed E-state index contributed by atoms with van der Waals surface area (Å²) in [5.74, 6) is -1.02. The van der Waals surface area contributed by atoms with Gasteiger partial charge in [-0.2, -0.15) is 13.2 Å². The molecule has 3 aromatic rings. The third-order valence-corrected chi connectivity index (χ3v) is 4.39. The molecule has 152 valence electrons. The van der Waals surface area contributed by atoms with Gasteiger partial charge >= 0.3 is 12.1 Å². The summed E-state index contributed by atoms with van der Waals surface area (Å²) in [5, 5.41) is 9.66. The number of pyridine rings is 2. The molecule has 3 rings (SSSR count). The second kappa shape index (κ2) is 7.21. The molecule has 3 N–H and O–H groups in total. The number of aromatic nitrogens is 2. The van der Waals surface area contributed by atoms with Crippen molar-refractivity contribution in [3.8, 4) is 5.69 Å². The third-order valence-electron chi connectivity index (χ3n) is 4.39. The van der Waals surface area contributed by atoms with Crippen molar-refractivity contribution in [2.75, 3.05) is 12.8 Å². The summed E-state index contributed by atoms with van der Waals surface area (Å²) in [6.07, 6.45) is -4.33. The number of hydrogen-bond acceptors (Lipinski definition) is 6. The number of anilines is 1. The van der Waals surface area contributed by atoms with Gasteiger partial charge in [-0.15, -0.1) is 0 Å². The fourth-order valence-corrected chi connectivity index (χ4v) is 2.92. The molecular formula is C19H16F3N3O4. The van der Waals surface area contributed by atoms with Crippen LogP contribution in [0.5, 0.6) is 0 Å². The van der Waals surface area contributed by atoms with Crippen LogP contribution in [0.3, 0.4) is 0 Å². The average Bonchev–Trinajstić information content (AvgIpc) is 2.67. The number of ether oxygens (including phenoxy) is 1. The van der Waals surface area contributed by atoms with E-state index in [1.54, 1.807) is 0 Å². The predicted octanol–water partition coefficient (Wildman–Crippen LogP) is 2.83. The van der Waals surface area contributed by atoms with Crippen molar-refractivity contribution in [3.05, 3.63) is 63.7 Å². The van der Waals surface area contributed by atoms with Crippen LogP contribution in [0.25, 0.3) is 16.6 Å². The zero-order valence-electron chi connectivity index (χ0n) is 15.3. The second-order valence-electron chi connectivity index (χ2n) is 6.27. The highest BCUT2D eigenvalue weighted by atomic mass is 19.4. The van der Waals surface area contributed by atoms with Crippen LogP contribution >= 0.6 is 0 Å². The molecule has 0 aliphatic heterocycles. The number of hydrogen-bond donors (Lipinski definition) is 2. The number of carbonyl (C=O) groups excluding carboxylic acids is 1. The Kier molecular flexibility index (Phi) is 5.05. The van der Waals surface area contributed by atoms with Crippen molar-refractivity contribution in [1.29, 1.82) is 0 Å². The first-order valence-corrected chi connectivity index (χ1v) is 8.34. The summed E-state index contributed by atoms with van der Waals surface area (Å²) >= 11 is 0. The molecule has 1 atom stereocenters. The van der Waals surface area contributed by atoms with Crippen LogP contribution in [0, 0.1) is 0 Å². The molecule has 0 bridgehead atoms. The number of aliphatic hydroxyl groups excluding tert-OH is 1. The van der Waals surface area contributed by atoms with Gasteiger partial charge < -0.3 is 15.6 Å². The van der Waals surface area contributed by atoms with Crippen LogP contribution in [0.1, 0.15) is 34.6 Å². The number of benzene rings is 1. The van der Waals surface area contributed by atoms with Crippen molar-refractivity contribution in [1.82, 2.24) is 9.55 Å². The number of rotatable bonds is 3. The number of nitrogens with zero attached hydrogens (tertiary/aromatic N) is 2. The number of fused-ring (bicyclic) bond motifs is 1. The maximum absolute atomic E-state index is 13.2. The van der Waals surface area contributed by atoms with Gasteiger partial charge in [0.05, 0.1) is 47.6 Å². The Bertz CT molecular complexity index is 1150. The van der Waals surface area contributed by atoms with Gasteiger partial charge in [-0.25, -0.2) is 4.79 Å². The van der Waals surface area contributed by atoms with Crippen LogP contribution < -0.4 is 11.3 Å². The summed E-state index contributed by atoms with van der Waals surface area (Å²) in [6.45, 7) is 1.48. The molecule has 7 nitrogen and oxygen atoms in total. The second-order valence-corrected chi connectivity index (χ2v) is 6.27. The highest BCUT2D eigenvalue weighted by Gasteiger charge is 2.32. The maximum Gasteiger partial charge on any atom is 0.416 e. The molecular weight excluding hydrogens is 391 g/mol. The highest BCUT2D eigenvalue weighted by molar-refractivity contribution is 6.04. The van der Waals surface area contributed by atoms with Crippen LogP contribution in [-0.2, 0) is 10.9 Å².